The van der Waals surface area contributed by atoms with E-state index in [2.05, 4.69) is 10.3 Å². The van der Waals surface area contributed by atoms with Gasteiger partial charge in [0.1, 0.15) is 16.8 Å². The molecule has 2 rings (SSSR count). The first-order valence-electron chi connectivity index (χ1n) is 7.45. The molecule has 2 aromatic rings. The van der Waals surface area contributed by atoms with E-state index in [-0.39, 0.29) is 11.5 Å². The summed E-state index contributed by atoms with van der Waals surface area (Å²) >= 11 is 1.21. The molecule has 1 atom stereocenters. The van der Waals surface area contributed by atoms with E-state index in [1.54, 1.807) is 25.3 Å². The predicted octanol–water partition coefficient (Wildman–Crippen LogP) is 2.95. The number of ketones is 1. The summed E-state index contributed by atoms with van der Waals surface area (Å²) in [6.45, 7) is 6.19. The number of esters is 1. The van der Waals surface area contributed by atoms with Crippen LogP contribution >= 0.6 is 11.3 Å². The highest BCUT2D eigenvalue weighted by Crippen LogP contribution is 2.23. The van der Waals surface area contributed by atoms with Gasteiger partial charge in [-0.1, -0.05) is 0 Å². The van der Waals surface area contributed by atoms with E-state index in [9.17, 15) is 14.4 Å². The fraction of sp³-hybridized carbons (Fsp3) is 0.294. The monoisotopic (exact) mass is 359 g/mol. The Bertz CT molecular complexity index is 888. The summed E-state index contributed by atoms with van der Waals surface area (Å²) in [6, 6.07) is 3.55. The highest BCUT2D eigenvalue weighted by atomic mass is 32.1. The number of thiophene rings is 1. The third-order valence-corrected chi connectivity index (χ3v) is 4.50. The van der Waals surface area contributed by atoms with Crippen LogP contribution in [0, 0.1) is 25.2 Å². The molecule has 2 aromatic heterocycles. The van der Waals surface area contributed by atoms with Gasteiger partial charge < -0.3 is 15.0 Å². The minimum atomic E-state index is -1.06. The van der Waals surface area contributed by atoms with Crippen LogP contribution < -0.4 is 5.32 Å². The molecule has 0 radical (unpaired) electrons. The zero-order valence-electron chi connectivity index (χ0n) is 14.2. The van der Waals surface area contributed by atoms with Crippen LogP contribution in [0.4, 0.5) is 5.00 Å². The summed E-state index contributed by atoms with van der Waals surface area (Å²) in [4.78, 5) is 38.9. The largest absolute Gasteiger partial charge is 0.448 e. The van der Waals surface area contributed by atoms with E-state index in [1.807, 2.05) is 6.07 Å². The van der Waals surface area contributed by atoms with E-state index in [0.29, 0.717) is 27.4 Å². The number of nitrogens with zero attached hydrogens (tertiary/aromatic N) is 1. The van der Waals surface area contributed by atoms with Crippen LogP contribution in [0.5, 0.6) is 0 Å². The van der Waals surface area contributed by atoms with Crippen LogP contribution in [0.1, 0.15) is 51.5 Å². The van der Waals surface area contributed by atoms with Crippen molar-refractivity contribution in [1.82, 2.24) is 4.98 Å². The molecule has 25 heavy (non-hydrogen) atoms. The number of H-pyrrole nitrogens is 1. The van der Waals surface area contributed by atoms with Gasteiger partial charge in [-0.15, -0.1) is 11.3 Å². The lowest BCUT2D eigenvalue weighted by Gasteiger charge is -2.12. The summed E-state index contributed by atoms with van der Waals surface area (Å²) in [7, 11) is 0. The van der Waals surface area contributed by atoms with Crippen LogP contribution in [-0.2, 0) is 9.53 Å². The van der Waals surface area contributed by atoms with Crippen LogP contribution in [0.25, 0.3) is 0 Å². The van der Waals surface area contributed by atoms with Gasteiger partial charge in [0.2, 0.25) is 0 Å². The standard InChI is InChI=1S/C17H17N3O4S/c1-8-13(10(3)21)9(2)19-14(8)17(23)24-11(4)15(22)20-16-12(7-18)5-6-25-16/h5-6,11,19H,1-4H3,(H,20,22)/t11-/m1/s1. The van der Waals surface area contributed by atoms with Gasteiger partial charge in [-0.25, -0.2) is 4.79 Å². The molecule has 0 bridgehead atoms. The molecule has 1 amide bonds. The number of Topliss-reactive ketones (excluding diaryl/α,β-unsaturated/α-hetero) is 1. The Labute approximate surface area is 148 Å². The topological polar surface area (TPSA) is 112 Å². The number of carbonyl (C=O) groups excluding carboxylic acids is 3. The number of carbonyl (C=O) groups is 3. The average molecular weight is 359 g/mol. The zero-order chi connectivity index (χ0) is 18.7. The fourth-order valence-corrected chi connectivity index (χ4v) is 3.20. The first-order valence-corrected chi connectivity index (χ1v) is 8.33. The summed E-state index contributed by atoms with van der Waals surface area (Å²) < 4.78 is 5.18. The first-order chi connectivity index (χ1) is 11.8. The molecule has 130 valence electrons. The van der Waals surface area contributed by atoms with Gasteiger partial charge in [0.25, 0.3) is 5.91 Å². The molecule has 7 nitrogen and oxygen atoms in total. The van der Waals surface area contributed by atoms with Crippen molar-refractivity contribution in [2.75, 3.05) is 5.32 Å². The molecule has 0 saturated heterocycles. The molecule has 0 aromatic carbocycles. The van der Waals surface area contributed by atoms with Crippen molar-refractivity contribution in [3.05, 3.63) is 39.5 Å². The quantitative estimate of drug-likeness (QED) is 0.629. The zero-order valence-corrected chi connectivity index (χ0v) is 15.0. The number of nitriles is 1. The smallest absolute Gasteiger partial charge is 0.355 e. The minimum absolute atomic E-state index is 0.149. The van der Waals surface area contributed by atoms with Crippen LogP contribution in [0.2, 0.25) is 0 Å². The fourth-order valence-electron chi connectivity index (χ4n) is 2.46. The molecule has 0 spiro atoms. The summed E-state index contributed by atoms with van der Waals surface area (Å²) in [6.07, 6.45) is -1.06. The maximum Gasteiger partial charge on any atom is 0.355 e. The Balaban J connectivity index is 2.10. The van der Waals surface area contributed by atoms with Crippen molar-refractivity contribution in [2.45, 2.75) is 33.8 Å². The van der Waals surface area contributed by atoms with Gasteiger partial charge in [0.15, 0.2) is 11.9 Å². The lowest BCUT2D eigenvalue weighted by Crippen LogP contribution is -2.30. The van der Waals surface area contributed by atoms with Crippen LogP contribution in [-0.4, -0.2) is 28.7 Å². The van der Waals surface area contributed by atoms with Crippen molar-refractivity contribution in [2.24, 2.45) is 0 Å². The summed E-state index contributed by atoms with van der Waals surface area (Å²) in [5.74, 6) is -1.42. The van der Waals surface area contributed by atoms with Gasteiger partial charge in [-0.3, -0.25) is 9.59 Å². The number of rotatable bonds is 5. The second kappa shape index (κ2) is 7.32. The molecule has 2 N–H and O–H groups in total. The molecule has 0 aliphatic rings. The van der Waals surface area contributed by atoms with Crippen LogP contribution in [0.3, 0.4) is 0 Å². The third-order valence-electron chi connectivity index (χ3n) is 3.67. The Morgan fingerprint density at radius 2 is 2.04 bits per heavy atom. The minimum Gasteiger partial charge on any atom is -0.448 e. The molecular weight excluding hydrogens is 342 g/mol. The number of nitrogens with one attached hydrogen (secondary N) is 2. The maximum absolute atomic E-state index is 12.3. The summed E-state index contributed by atoms with van der Waals surface area (Å²) in [5.41, 5.74) is 2.01. The molecule has 0 saturated carbocycles. The molecule has 0 fully saturated rings. The van der Waals surface area contributed by atoms with Gasteiger partial charge in [0.05, 0.1) is 5.56 Å². The van der Waals surface area contributed by atoms with Crippen molar-refractivity contribution in [1.29, 1.82) is 5.26 Å². The number of hydrogen-bond donors (Lipinski definition) is 2. The van der Waals surface area contributed by atoms with E-state index >= 15 is 0 Å². The number of ether oxygens (including phenoxy) is 1. The highest BCUT2D eigenvalue weighted by Gasteiger charge is 2.25. The van der Waals surface area contributed by atoms with Gasteiger partial charge in [-0.05, 0) is 44.7 Å². The number of aryl methyl sites for hydroxylation is 1. The van der Waals surface area contributed by atoms with Gasteiger partial charge in [0, 0.05) is 11.3 Å². The number of aromatic nitrogens is 1. The first kappa shape index (κ1) is 18.4. The van der Waals surface area contributed by atoms with E-state index < -0.39 is 18.0 Å². The van der Waals surface area contributed by atoms with E-state index in [1.165, 1.54) is 25.2 Å². The number of hydrogen-bond acceptors (Lipinski definition) is 6. The molecule has 0 aliphatic heterocycles. The lowest BCUT2D eigenvalue weighted by atomic mass is 10.1. The Morgan fingerprint density at radius 3 is 2.60 bits per heavy atom. The lowest BCUT2D eigenvalue weighted by molar-refractivity contribution is -0.123. The molecule has 0 aliphatic carbocycles. The van der Waals surface area contributed by atoms with Crippen molar-refractivity contribution in [3.8, 4) is 6.07 Å². The average Bonchev–Trinajstić information content (AvgIpc) is 3.10. The normalized spacial score (nSPS) is 11.5. The second-order valence-corrected chi connectivity index (χ2v) is 6.41. The number of aromatic amines is 1. The number of anilines is 1. The predicted molar refractivity (Wildman–Crippen MR) is 92.8 cm³/mol. The SMILES string of the molecule is CC(=O)c1c(C)[nH]c(C(=O)O[C@H](C)C(=O)Nc2sccc2C#N)c1C. The Morgan fingerprint density at radius 1 is 1.36 bits per heavy atom. The number of amides is 1. The third kappa shape index (κ3) is 3.78. The molecule has 0 unspecified atom stereocenters. The van der Waals surface area contributed by atoms with Gasteiger partial charge >= 0.3 is 5.97 Å². The Hall–Kier alpha value is -2.92. The van der Waals surface area contributed by atoms with Crippen molar-refractivity contribution in [3.63, 3.8) is 0 Å². The second-order valence-electron chi connectivity index (χ2n) is 5.49. The molecule has 2 heterocycles. The van der Waals surface area contributed by atoms with Crippen LogP contribution in [0.15, 0.2) is 11.4 Å². The maximum atomic E-state index is 12.3. The Kier molecular flexibility index (Phi) is 5.39. The molecular formula is C17H17N3O4S. The summed E-state index contributed by atoms with van der Waals surface area (Å²) in [5, 5.41) is 13.6. The highest BCUT2D eigenvalue weighted by molar-refractivity contribution is 7.14. The van der Waals surface area contributed by atoms with Crippen molar-refractivity contribution < 1.29 is 19.1 Å². The molecule has 8 heteroatoms. The van der Waals surface area contributed by atoms with Gasteiger partial charge in [-0.2, -0.15) is 5.26 Å². The van der Waals surface area contributed by atoms with Crippen molar-refractivity contribution >= 4 is 34.0 Å². The van der Waals surface area contributed by atoms with E-state index in [0.717, 1.165) is 0 Å². The van der Waals surface area contributed by atoms with E-state index in [4.69, 9.17) is 10.00 Å².